The van der Waals surface area contributed by atoms with Crippen molar-refractivity contribution in [3.8, 4) is 16.9 Å². The second-order valence-electron chi connectivity index (χ2n) is 6.38. The lowest BCUT2D eigenvalue weighted by Crippen LogP contribution is -2.08. The first-order valence-corrected chi connectivity index (χ1v) is 9.38. The van der Waals surface area contributed by atoms with Crippen LogP contribution in [0.4, 0.5) is 16.5 Å². The van der Waals surface area contributed by atoms with E-state index in [9.17, 15) is 0 Å². The molecule has 0 fully saturated rings. The van der Waals surface area contributed by atoms with Crippen LogP contribution in [0.2, 0.25) is 0 Å². The Balaban J connectivity index is 1.60. The first-order chi connectivity index (χ1) is 13.1. The number of aromatic nitrogens is 2. The number of nitrogens with zero attached hydrogens (tertiary/aromatic N) is 3. The summed E-state index contributed by atoms with van der Waals surface area (Å²) in [4.78, 5) is 11.0. The summed E-state index contributed by atoms with van der Waals surface area (Å²) in [6, 6.07) is 16.5. The third kappa shape index (κ3) is 3.71. The molecular weight excluding hydrogens is 356 g/mol. The fourth-order valence-electron chi connectivity index (χ4n) is 2.81. The number of anilines is 3. The lowest BCUT2D eigenvalue weighted by Gasteiger charge is -2.12. The van der Waals surface area contributed by atoms with Gasteiger partial charge in [-0.15, -0.1) is 0 Å². The van der Waals surface area contributed by atoms with Gasteiger partial charge in [0.1, 0.15) is 5.75 Å². The number of hydrogen-bond acceptors (Lipinski definition) is 6. The lowest BCUT2D eigenvalue weighted by atomic mass is 10.1. The molecule has 0 bridgehead atoms. The molecule has 0 spiro atoms. The monoisotopic (exact) mass is 376 g/mol. The molecule has 136 valence electrons. The van der Waals surface area contributed by atoms with Crippen molar-refractivity contribution in [1.29, 1.82) is 0 Å². The summed E-state index contributed by atoms with van der Waals surface area (Å²) in [5.41, 5.74) is 5.29. The molecule has 4 rings (SSSR count). The second-order valence-corrected chi connectivity index (χ2v) is 7.41. The Morgan fingerprint density at radius 1 is 0.963 bits per heavy atom. The fourth-order valence-corrected chi connectivity index (χ4v) is 3.74. The average molecular weight is 376 g/mol. The highest BCUT2D eigenvalue weighted by Crippen LogP contribution is 2.32. The van der Waals surface area contributed by atoms with Gasteiger partial charge in [0.2, 0.25) is 0 Å². The summed E-state index contributed by atoms with van der Waals surface area (Å²) < 4.78 is 6.40. The number of pyridine rings is 1. The van der Waals surface area contributed by atoms with Crippen LogP contribution in [0.1, 0.15) is 0 Å². The van der Waals surface area contributed by atoms with Crippen molar-refractivity contribution in [2.24, 2.45) is 0 Å². The van der Waals surface area contributed by atoms with Crippen molar-refractivity contribution in [1.82, 2.24) is 9.97 Å². The molecule has 0 aliphatic heterocycles. The second kappa shape index (κ2) is 7.25. The molecule has 0 amide bonds. The Morgan fingerprint density at radius 3 is 2.52 bits per heavy atom. The van der Waals surface area contributed by atoms with Gasteiger partial charge in [0.15, 0.2) is 5.13 Å². The van der Waals surface area contributed by atoms with Crippen molar-refractivity contribution < 1.29 is 4.74 Å². The van der Waals surface area contributed by atoms with E-state index < -0.39 is 0 Å². The molecule has 1 N–H and O–H groups in total. The van der Waals surface area contributed by atoms with Gasteiger partial charge in [-0.1, -0.05) is 17.4 Å². The van der Waals surface area contributed by atoms with E-state index in [2.05, 4.69) is 51.6 Å². The topological polar surface area (TPSA) is 50.3 Å². The maximum atomic E-state index is 5.27. The maximum absolute atomic E-state index is 5.27. The Kier molecular flexibility index (Phi) is 4.64. The van der Waals surface area contributed by atoms with Crippen LogP contribution >= 0.6 is 11.3 Å². The number of fused-ring (bicyclic) bond motifs is 1. The van der Waals surface area contributed by atoms with E-state index in [0.29, 0.717) is 0 Å². The molecule has 5 nitrogen and oxygen atoms in total. The number of ether oxygens (including phenoxy) is 1. The number of methoxy groups -OCH3 is 1. The van der Waals surface area contributed by atoms with E-state index in [1.165, 1.54) is 5.69 Å². The Bertz CT molecular complexity index is 1070. The van der Waals surface area contributed by atoms with Gasteiger partial charge in [0.25, 0.3) is 0 Å². The molecule has 6 heteroatoms. The van der Waals surface area contributed by atoms with Crippen LogP contribution in [0.5, 0.6) is 5.75 Å². The van der Waals surface area contributed by atoms with Gasteiger partial charge >= 0.3 is 0 Å². The summed E-state index contributed by atoms with van der Waals surface area (Å²) in [6.07, 6.45) is 3.55. The molecule has 0 atom stereocenters. The number of nitrogens with one attached hydrogen (secondary N) is 1. The van der Waals surface area contributed by atoms with Crippen LogP contribution in [0.15, 0.2) is 60.9 Å². The van der Waals surface area contributed by atoms with Gasteiger partial charge in [-0.2, -0.15) is 0 Å². The van der Waals surface area contributed by atoms with Gasteiger partial charge in [0, 0.05) is 37.2 Å². The predicted octanol–water partition coefficient (Wildman–Crippen LogP) is 5.18. The molecule has 0 saturated heterocycles. The average Bonchev–Trinajstić information content (AvgIpc) is 3.09. The first kappa shape index (κ1) is 17.3. The molecule has 2 aromatic carbocycles. The fraction of sp³-hybridized carbons (Fsp3) is 0.143. The van der Waals surface area contributed by atoms with E-state index in [0.717, 1.165) is 37.9 Å². The van der Waals surface area contributed by atoms with Crippen LogP contribution in [0.25, 0.3) is 21.3 Å². The Morgan fingerprint density at radius 2 is 1.78 bits per heavy atom. The zero-order valence-electron chi connectivity index (χ0n) is 15.4. The van der Waals surface area contributed by atoms with Gasteiger partial charge in [-0.05, 0) is 48.0 Å². The van der Waals surface area contributed by atoms with Crippen LogP contribution in [-0.4, -0.2) is 31.2 Å². The van der Waals surface area contributed by atoms with Gasteiger partial charge < -0.3 is 15.0 Å². The molecule has 2 aromatic heterocycles. The minimum Gasteiger partial charge on any atom is -0.495 e. The zero-order chi connectivity index (χ0) is 18.8. The Hall–Kier alpha value is -3.12. The van der Waals surface area contributed by atoms with Crippen LogP contribution in [-0.2, 0) is 0 Å². The zero-order valence-corrected chi connectivity index (χ0v) is 16.2. The van der Waals surface area contributed by atoms with Crippen LogP contribution in [0, 0.1) is 0 Å². The first-order valence-electron chi connectivity index (χ1n) is 8.57. The van der Waals surface area contributed by atoms with E-state index in [-0.39, 0.29) is 0 Å². The summed E-state index contributed by atoms with van der Waals surface area (Å²) in [7, 11) is 5.72. The molecule has 4 aromatic rings. The number of benzene rings is 2. The van der Waals surface area contributed by atoms with Crippen molar-refractivity contribution in [2.45, 2.75) is 0 Å². The Labute approximate surface area is 162 Å². The van der Waals surface area contributed by atoms with Gasteiger partial charge in [-0.3, -0.25) is 4.98 Å². The third-order valence-corrected chi connectivity index (χ3v) is 5.24. The number of thiazole rings is 1. The number of hydrogen-bond donors (Lipinski definition) is 1. The summed E-state index contributed by atoms with van der Waals surface area (Å²) in [5, 5.41) is 4.27. The molecular formula is C21H20N4OS. The largest absolute Gasteiger partial charge is 0.495 e. The van der Waals surface area contributed by atoms with Crippen molar-refractivity contribution >= 4 is 38.1 Å². The molecule has 2 heterocycles. The quantitative estimate of drug-likeness (QED) is 0.520. The summed E-state index contributed by atoms with van der Waals surface area (Å²) in [6.45, 7) is 0. The van der Waals surface area contributed by atoms with Crippen LogP contribution in [0.3, 0.4) is 0 Å². The highest BCUT2D eigenvalue weighted by atomic mass is 32.1. The highest BCUT2D eigenvalue weighted by molar-refractivity contribution is 7.22. The minimum atomic E-state index is 0.750. The van der Waals surface area contributed by atoms with E-state index >= 15 is 0 Å². The highest BCUT2D eigenvalue weighted by Gasteiger charge is 2.08. The summed E-state index contributed by atoms with van der Waals surface area (Å²) in [5.74, 6) is 0.750. The molecule has 0 saturated carbocycles. The van der Waals surface area contributed by atoms with Crippen LogP contribution < -0.4 is 15.0 Å². The normalized spacial score (nSPS) is 10.8. The third-order valence-electron chi connectivity index (χ3n) is 4.31. The van der Waals surface area contributed by atoms with Crippen molar-refractivity contribution in [3.63, 3.8) is 0 Å². The molecule has 0 unspecified atom stereocenters. The van der Waals surface area contributed by atoms with E-state index in [4.69, 9.17) is 9.72 Å². The van der Waals surface area contributed by atoms with Gasteiger partial charge in [-0.25, -0.2) is 4.98 Å². The molecule has 27 heavy (non-hydrogen) atoms. The van der Waals surface area contributed by atoms with Crippen molar-refractivity contribution in [2.75, 3.05) is 31.4 Å². The van der Waals surface area contributed by atoms with Crippen molar-refractivity contribution in [3.05, 3.63) is 60.9 Å². The minimum absolute atomic E-state index is 0.750. The van der Waals surface area contributed by atoms with E-state index in [1.54, 1.807) is 24.6 Å². The lowest BCUT2D eigenvalue weighted by molar-refractivity contribution is 0.413. The summed E-state index contributed by atoms with van der Waals surface area (Å²) >= 11 is 1.64. The SMILES string of the molecule is COc1cncc(-c2ccc3nc(Nc4ccc(N(C)C)cc4)sc3c2)c1. The molecule has 0 radical (unpaired) electrons. The number of rotatable bonds is 5. The smallest absolute Gasteiger partial charge is 0.188 e. The van der Waals surface area contributed by atoms with Gasteiger partial charge in [0.05, 0.1) is 23.5 Å². The van der Waals surface area contributed by atoms with E-state index in [1.807, 2.05) is 32.4 Å². The molecule has 0 aliphatic carbocycles. The maximum Gasteiger partial charge on any atom is 0.188 e. The standard InChI is InChI=1S/C21H20N4OS/c1-25(2)17-7-5-16(6-8-17)23-21-24-19-9-4-14(11-20(19)27-21)15-10-18(26-3)13-22-12-15/h4-13H,1-3H3,(H,23,24). The molecule has 0 aliphatic rings. The predicted molar refractivity (Wildman–Crippen MR) is 113 cm³/mol.